The number of aliphatic hydroxyl groups is 2. The van der Waals surface area contributed by atoms with Crippen LogP contribution in [0.2, 0.25) is 0 Å². The third kappa shape index (κ3) is 2.74. The molecule has 0 bridgehead atoms. The maximum atomic E-state index is 11.2. The van der Waals surface area contributed by atoms with E-state index in [1.54, 1.807) is 0 Å². The van der Waals surface area contributed by atoms with Gasteiger partial charge >= 0.3 is 0 Å². The van der Waals surface area contributed by atoms with Crippen LogP contribution in [-0.4, -0.2) is 40.9 Å². The highest BCUT2D eigenvalue weighted by Gasteiger charge is 2.69. The van der Waals surface area contributed by atoms with Crippen LogP contribution < -0.4 is 0 Å². The van der Waals surface area contributed by atoms with Gasteiger partial charge in [-0.25, -0.2) is 0 Å². The lowest BCUT2D eigenvalue weighted by Gasteiger charge is -2.62. The number of hydrogen-bond donors (Lipinski definition) is 2. The molecule has 2 aliphatic heterocycles. The van der Waals surface area contributed by atoms with Gasteiger partial charge in [0.2, 0.25) is 0 Å². The van der Waals surface area contributed by atoms with Gasteiger partial charge < -0.3 is 19.7 Å². The Balaban J connectivity index is 1.27. The van der Waals surface area contributed by atoms with Crippen molar-refractivity contribution in [2.75, 3.05) is 6.61 Å². The highest BCUT2D eigenvalue weighted by molar-refractivity contribution is 5.16. The van der Waals surface area contributed by atoms with Gasteiger partial charge in [-0.3, -0.25) is 0 Å². The normalized spacial score (nSPS) is 63.3. The molecule has 2 saturated heterocycles. The molecule has 6 rings (SSSR count). The maximum Gasteiger partial charge on any atom is 0.171 e. The number of ether oxygens (including phenoxy) is 2. The topological polar surface area (TPSA) is 58.9 Å². The van der Waals surface area contributed by atoms with Crippen molar-refractivity contribution >= 4 is 0 Å². The monoisotopic (exact) mass is 432 g/mol. The second kappa shape index (κ2) is 6.93. The van der Waals surface area contributed by atoms with E-state index in [2.05, 4.69) is 27.7 Å². The third-order valence-corrected chi connectivity index (χ3v) is 12.0. The molecule has 31 heavy (non-hydrogen) atoms. The molecule has 0 amide bonds. The summed E-state index contributed by atoms with van der Waals surface area (Å²) in [4.78, 5) is 0. The summed E-state index contributed by atoms with van der Waals surface area (Å²) in [5.41, 5.74) is 0.320. The average Bonchev–Trinajstić information content (AvgIpc) is 3.16. The summed E-state index contributed by atoms with van der Waals surface area (Å²) in [5, 5.41) is 21.5. The van der Waals surface area contributed by atoms with Gasteiger partial charge in [-0.15, -0.1) is 0 Å². The van der Waals surface area contributed by atoms with Crippen LogP contribution in [-0.2, 0) is 9.47 Å². The van der Waals surface area contributed by atoms with Crippen LogP contribution >= 0.6 is 0 Å². The molecule has 1 spiro atoms. The minimum atomic E-state index is -0.351. The highest BCUT2D eigenvalue weighted by atomic mass is 16.7. The summed E-state index contributed by atoms with van der Waals surface area (Å²) in [6.07, 6.45) is 9.56. The number of rotatable bonds is 0. The minimum absolute atomic E-state index is 0.0164. The van der Waals surface area contributed by atoms with Crippen LogP contribution in [0.15, 0.2) is 0 Å². The Bertz CT molecular complexity index is 716. The molecule has 6 aliphatic rings. The first-order valence-corrected chi connectivity index (χ1v) is 13.4. The Labute approximate surface area is 188 Å². The van der Waals surface area contributed by atoms with Crippen LogP contribution in [0.4, 0.5) is 0 Å². The van der Waals surface area contributed by atoms with E-state index < -0.39 is 0 Å². The standard InChI is InChI=1S/C27H44O4/c1-15-7-10-27(30-14-15)16(2)24-22(31-27)13-21-19-6-5-17-11-18(28)12-23(29)26(17,4)20(19)8-9-25(21,24)3/h15-24,28-29H,5-14H2,1-4H3/t15-,16-,17-,18-,19-,20+,21+,22-,23+,24-,25-,26-,27+/m0/s1. The predicted molar refractivity (Wildman–Crippen MR) is 119 cm³/mol. The summed E-state index contributed by atoms with van der Waals surface area (Å²) < 4.78 is 13.3. The molecule has 0 aromatic carbocycles. The predicted octanol–water partition coefficient (Wildman–Crippen LogP) is 4.76. The highest BCUT2D eigenvalue weighted by Crippen LogP contribution is 2.71. The Morgan fingerprint density at radius 3 is 2.42 bits per heavy atom. The average molecular weight is 433 g/mol. The molecule has 0 radical (unpaired) electrons. The van der Waals surface area contributed by atoms with Crippen molar-refractivity contribution in [1.82, 2.24) is 0 Å². The van der Waals surface area contributed by atoms with E-state index in [4.69, 9.17) is 9.47 Å². The van der Waals surface area contributed by atoms with Crippen LogP contribution in [0.3, 0.4) is 0 Å². The van der Waals surface area contributed by atoms with Gasteiger partial charge in [0.1, 0.15) is 0 Å². The molecular formula is C27H44O4. The van der Waals surface area contributed by atoms with Crippen molar-refractivity contribution in [2.24, 2.45) is 52.3 Å². The quantitative estimate of drug-likeness (QED) is 0.579. The van der Waals surface area contributed by atoms with Gasteiger partial charge in [0.05, 0.1) is 24.9 Å². The van der Waals surface area contributed by atoms with E-state index in [0.717, 1.165) is 19.4 Å². The fraction of sp³-hybridized carbons (Fsp3) is 1.00. The van der Waals surface area contributed by atoms with Gasteiger partial charge in [0, 0.05) is 12.3 Å². The zero-order valence-electron chi connectivity index (χ0n) is 20.1. The van der Waals surface area contributed by atoms with Crippen LogP contribution in [0.1, 0.15) is 85.5 Å². The van der Waals surface area contributed by atoms with E-state index in [-0.39, 0.29) is 23.4 Å². The van der Waals surface area contributed by atoms with Gasteiger partial charge in [0.25, 0.3) is 0 Å². The van der Waals surface area contributed by atoms with Crippen molar-refractivity contribution in [1.29, 1.82) is 0 Å². The molecule has 4 saturated carbocycles. The Kier molecular flexibility index (Phi) is 4.78. The van der Waals surface area contributed by atoms with E-state index in [1.807, 2.05) is 0 Å². The van der Waals surface area contributed by atoms with Gasteiger partial charge in [0.15, 0.2) is 5.79 Å². The molecule has 13 atom stereocenters. The van der Waals surface area contributed by atoms with E-state index in [0.29, 0.717) is 59.4 Å². The SMILES string of the molecule is C[C@H]1CC[C@@]2(OC1)O[C@H]1C[C@@H]3[C@H]4CC[C@H]5C[C@H](O)C[C@@H](O)[C@]5(C)[C@@H]4CC[C@]3(C)[C@H]1[C@@H]2C. The lowest BCUT2D eigenvalue weighted by molar-refractivity contribution is -0.273. The minimum Gasteiger partial charge on any atom is -0.393 e. The third-order valence-electron chi connectivity index (χ3n) is 12.0. The number of fused-ring (bicyclic) bond motifs is 7. The zero-order chi connectivity index (χ0) is 21.8. The summed E-state index contributed by atoms with van der Waals surface area (Å²) in [7, 11) is 0. The molecule has 4 aliphatic carbocycles. The Morgan fingerprint density at radius 2 is 1.68 bits per heavy atom. The molecule has 0 aromatic rings. The molecular weight excluding hydrogens is 388 g/mol. The first-order chi connectivity index (χ1) is 14.7. The van der Waals surface area contributed by atoms with Crippen LogP contribution in [0.25, 0.3) is 0 Å². The van der Waals surface area contributed by atoms with Crippen LogP contribution in [0.5, 0.6) is 0 Å². The smallest absolute Gasteiger partial charge is 0.171 e. The van der Waals surface area contributed by atoms with Crippen molar-refractivity contribution in [2.45, 2.75) is 110 Å². The Hall–Kier alpha value is -0.160. The van der Waals surface area contributed by atoms with E-state index in [1.165, 1.54) is 38.5 Å². The lowest BCUT2D eigenvalue weighted by Crippen LogP contribution is -2.59. The van der Waals surface area contributed by atoms with Crippen molar-refractivity contribution in [3.8, 4) is 0 Å². The lowest BCUT2D eigenvalue weighted by atomic mass is 9.43. The van der Waals surface area contributed by atoms with E-state index >= 15 is 0 Å². The molecule has 6 fully saturated rings. The molecule has 2 N–H and O–H groups in total. The Morgan fingerprint density at radius 1 is 0.871 bits per heavy atom. The largest absolute Gasteiger partial charge is 0.393 e. The maximum absolute atomic E-state index is 11.2. The summed E-state index contributed by atoms with van der Waals surface area (Å²) in [6.45, 7) is 10.5. The molecule has 0 unspecified atom stereocenters. The first-order valence-electron chi connectivity index (χ1n) is 13.4. The number of hydrogen-bond acceptors (Lipinski definition) is 4. The fourth-order valence-electron chi connectivity index (χ4n) is 10.3. The van der Waals surface area contributed by atoms with E-state index in [9.17, 15) is 10.2 Å². The molecule has 4 nitrogen and oxygen atoms in total. The van der Waals surface area contributed by atoms with Crippen molar-refractivity contribution in [3.05, 3.63) is 0 Å². The van der Waals surface area contributed by atoms with Crippen molar-refractivity contribution < 1.29 is 19.7 Å². The molecule has 2 heterocycles. The second-order valence-corrected chi connectivity index (χ2v) is 13.2. The zero-order valence-corrected chi connectivity index (χ0v) is 20.1. The van der Waals surface area contributed by atoms with Gasteiger partial charge in [-0.2, -0.15) is 0 Å². The molecule has 176 valence electrons. The number of aliphatic hydroxyl groups excluding tert-OH is 2. The van der Waals surface area contributed by atoms with Crippen LogP contribution in [0, 0.1) is 52.3 Å². The molecule has 0 aromatic heterocycles. The fourth-order valence-corrected chi connectivity index (χ4v) is 10.3. The summed E-state index contributed by atoms with van der Waals surface area (Å²) in [5.74, 6) is 3.89. The summed E-state index contributed by atoms with van der Waals surface area (Å²) >= 11 is 0. The van der Waals surface area contributed by atoms with Gasteiger partial charge in [-0.05, 0) is 97.7 Å². The second-order valence-electron chi connectivity index (χ2n) is 13.2. The van der Waals surface area contributed by atoms with Crippen molar-refractivity contribution in [3.63, 3.8) is 0 Å². The summed E-state index contributed by atoms with van der Waals surface area (Å²) in [6, 6.07) is 0. The first kappa shape index (κ1) is 21.4. The van der Waals surface area contributed by atoms with Gasteiger partial charge in [-0.1, -0.05) is 27.7 Å². The molecule has 4 heteroatoms.